The van der Waals surface area contributed by atoms with Crippen molar-refractivity contribution in [3.63, 3.8) is 0 Å². The van der Waals surface area contributed by atoms with Crippen molar-refractivity contribution in [3.8, 4) is 5.75 Å². The highest BCUT2D eigenvalue weighted by Crippen LogP contribution is 2.35. The molecular formula is C13H16N2O4. The molecule has 1 atom stereocenters. The summed E-state index contributed by atoms with van der Waals surface area (Å²) in [5, 5.41) is 8.65. The lowest BCUT2D eigenvalue weighted by Gasteiger charge is -2.33. The average molecular weight is 264 g/mol. The SMILES string of the molecule is CC1Oc2ccc(N)cc2N(CCCC(=O)O)C1=O. The highest BCUT2D eigenvalue weighted by atomic mass is 16.5. The van der Waals surface area contributed by atoms with Crippen LogP contribution in [0.4, 0.5) is 11.4 Å². The summed E-state index contributed by atoms with van der Waals surface area (Å²) in [6.45, 7) is 2.01. The highest BCUT2D eigenvalue weighted by molar-refractivity contribution is 6.00. The van der Waals surface area contributed by atoms with Crippen LogP contribution in [0.3, 0.4) is 0 Å². The molecule has 6 nitrogen and oxygen atoms in total. The predicted octanol–water partition coefficient (Wildman–Crippen LogP) is 1.25. The first kappa shape index (κ1) is 13.2. The summed E-state index contributed by atoms with van der Waals surface area (Å²) in [4.78, 5) is 24.2. The standard InChI is InChI=1S/C13H16N2O4/c1-8-13(18)15(6-2-3-12(16)17)10-7-9(14)4-5-11(10)19-8/h4-5,7-8H,2-3,6,14H2,1H3,(H,16,17). The average Bonchev–Trinajstić information content (AvgIpc) is 2.34. The Morgan fingerprint density at radius 2 is 2.26 bits per heavy atom. The lowest BCUT2D eigenvalue weighted by Crippen LogP contribution is -2.45. The van der Waals surface area contributed by atoms with Gasteiger partial charge in [-0.05, 0) is 31.5 Å². The third-order valence-electron chi connectivity index (χ3n) is 2.96. The van der Waals surface area contributed by atoms with Crippen molar-refractivity contribution in [2.45, 2.75) is 25.9 Å². The van der Waals surface area contributed by atoms with Gasteiger partial charge in [0, 0.05) is 18.7 Å². The van der Waals surface area contributed by atoms with E-state index in [-0.39, 0.29) is 12.3 Å². The molecule has 19 heavy (non-hydrogen) atoms. The predicted molar refractivity (Wildman–Crippen MR) is 70.2 cm³/mol. The van der Waals surface area contributed by atoms with Crippen LogP contribution in [0, 0.1) is 0 Å². The lowest BCUT2D eigenvalue weighted by molar-refractivity contribution is -0.137. The van der Waals surface area contributed by atoms with Crippen LogP contribution in [0.25, 0.3) is 0 Å². The van der Waals surface area contributed by atoms with Crippen LogP contribution < -0.4 is 15.4 Å². The molecule has 0 spiro atoms. The van der Waals surface area contributed by atoms with Crippen LogP contribution >= 0.6 is 0 Å². The second kappa shape index (κ2) is 5.17. The van der Waals surface area contributed by atoms with Gasteiger partial charge in [0.15, 0.2) is 6.10 Å². The van der Waals surface area contributed by atoms with E-state index >= 15 is 0 Å². The zero-order valence-electron chi connectivity index (χ0n) is 10.6. The Labute approximate surface area is 110 Å². The molecule has 0 aromatic heterocycles. The van der Waals surface area contributed by atoms with Gasteiger partial charge in [-0.15, -0.1) is 0 Å². The van der Waals surface area contributed by atoms with Gasteiger partial charge in [0.2, 0.25) is 0 Å². The van der Waals surface area contributed by atoms with Crippen molar-refractivity contribution in [1.82, 2.24) is 0 Å². The molecule has 3 N–H and O–H groups in total. The van der Waals surface area contributed by atoms with Crippen molar-refractivity contribution in [2.75, 3.05) is 17.2 Å². The number of nitrogens with zero attached hydrogens (tertiary/aromatic N) is 1. The molecule has 1 unspecified atom stereocenters. The number of ether oxygens (including phenoxy) is 1. The zero-order chi connectivity index (χ0) is 14.0. The Bertz CT molecular complexity index is 515. The van der Waals surface area contributed by atoms with E-state index in [0.29, 0.717) is 30.1 Å². The highest BCUT2D eigenvalue weighted by Gasteiger charge is 2.31. The molecule has 1 heterocycles. The van der Waals surface area contributed by atoms with Gasteiger partial charge in [-0.3, -0.25) is 9.59 Å². The van der Waals surface area contributed by atoms with E-state index in [2.05, 4.69) is 0 Å². The number of benzene rings is 1. The van der Waals surface area contributed by atoms with Crippen LogP contribution in [0.15, 0.2) is 18.2 Å². The van der Waals surface area contributed by atoms with Crippen molar-refractivity contribution in [2.24, 2.45) is 0 Å². The van der Waals surface area contributed by atoms with Crippen LogP contribution in [-0.4, -0.2) is 29.6 Å². The number of rotatable bonds is 4. The molecule has 1 amide bonds. The van der Waals surface area contributed by atoms with Gasteiger partial charge in [-0.25, -0.2) is 0 Å². The largest absolute Gasteiger partial charge is 0.481 e. The first-order chi connectivity index (χ1) is 8.99. The maximum Gasteiger partial charge on any atom is 0.303 e. The Balaban J connectivity index is 2.23. The molecule has 1 aliphatic heterocycles. The molecule has 0 radical (unpaired) electrons. The number of anilines is 2. The maximum absolute atomic E-state index is 12.1. The van der Waals surface area contributed by atoms with E-state index in [1.54, 1.807) is 30.0 Å². The maximum atomic E-state index is 12.1. The van der Waals surface area contributed by atoms with Crippen LogP contribution in [0.2, 0.25) is 0 Å². The van der Waals surface area contributed by atoms with Gasteiger partial charge in [0.1, 0.15) is 5.75 Å². The third-order valence-corrected chi connectivity index (χ3v) is 2.96. The van der Waals surface area contributed by atoms with Crippen molar-refractivity contribution >= 4 is 23.3 Å². The van der Waals surface area contributed by atoms with Crippen LogP contribution in [0.1, 0.15) is 19.8 Å². The number of carbonyl (C=O) groups excluding carboxylic acids is 1. The number of aliphatic carboxylic acids is 1. The fourth-order valence-corrected chi connectivity index (χ4v) is 2.04. The Morgan fingerprint density at radius 3 is 2.95 bits per heavy atom. The molecule has 0 saturated heterocycles. The minimum atomic E-state index is -0.874. The van der Waals surface area contributed by atoms with Crippen LogP contribution in [-0.2, 0) is 9.59 Å². The van der Waals surface area contributed by atoms with Gasteiger partial charge in [-0.2, -0.15) is 0 Å². The zero-order valence-corrected chi connectivity index (χ0v) is 10.6. The van der Waals surface area contributed by atoms with E-state index in [9.17, 15) is 9.59 Å². The van der Waals surface area contributed by atoms with Gasteiger partial charge in [-0.1, -0.05) is 0 Å². The molecule has 1 aromatic carbocycles. The summed E-state index contributed by atoms with van der Waals surface area (Å²) >= 11 is 0. The molecule has 0 bridgehead atoms. The van der Waals surface area contributed by atoms with Crippen molar-refractivity contribution in [1.29, 1.82) is 0 Å². The minimum Gasteiger partial charge on any atom is -0.481 e. The monoisotopic (exact) mass is 264 g/mol. The quantitative estimate of drug-likeness (QED) is 0.798. The fraction of sp³-hybridized carbons (Fsp3) is 0.385. The summed E-state index contributed by atoms with van der Waals surface area (Å²) < 4.78 is 5.49. The molecule has 0 fully saturated rings. The molecular weight excluding hydrogens is 248 g/mol. The van der Waals surface area contributed by atoms with Crippen molar-refractivity contribution in [3.05, 3.63) is 18.2 Å². The molecule has 102 valence electrons. The van der Waals surface area contributed by atoms with E-state index < -0.39 is 12.1 Å². The lowest BCUT2D eigenvalue weighted by atomic mass is 10.1. The number of hydrogen-bond donors (Lipinski definition) is 2. The van der Waals surface area contributed by atoms with E-state index in [1.165, 1.54) is 0 Å². The van der Waals surface area contributed by atoms with E-state index in [0.717, 1.165) is 0 Å². The molecule has 1 aliphatic rings. The number of nitrogens with two attached hydrogens (primary N) is 1. The molecule has 2 rings (SSSR count). The number of fused-ring (bicyclic) bond motifs is 1. The topological polar surface area (TPSA) is 92.9 Å². The third kappa shape index (κ3) is 2.78. The number of hydrogen-bond acceptors (Lipinski definition) is 4. The number of carboxylic acids is 1. The second-order valence-electron chi connectivity index (χ2n) is 4.47. The van der Waals surface area contributed by atoms with Crippen molar-refractivity contribution < 1.29 is 19.4 Å². The number of amides is 1. The number of carboxylic acid groups (broad SMARTS) is 1. The fourth-order valence-electron chi connectivity index (χ4n) is 2.04. The molecule has 6 heteroatoms. The minimum absolute atomic E-state index is 0.0245. The van der Waals surface area contributed by atoms with E-state index in [1.807, 2.05) is 0 Å². The molecule has 0 saturated carbocycles. The number of nitrogen functional groups attached to an aromatic ring is 1. The van der Waals surface area contributed by atoms with Gasteiger partial charge >= 0.3 is 5.97 Å². The summed E-state index contributed by atoms with van der Waals surface area (Å²) in [7, 11) is 0. The smallest absolute Gasteiger partial charge is 0.303 e. The van der Waals surface area contributed by atoms with Gasteiger partial charge < -0.3 is 20.5 Å². The van der Waals surface area contributed by atoms with Crippen LogP contribution in [0.5, 0.6) is 5.75 Å². The Hall–Kier alpha value is -2.24. The number of carbonyl (C=O) groups is 2. The second-order valence-corrected chi connectivity index (χ2v) is 4.47. The summed E-state index contributed by atoms with van der Waals surface area (Å²) in [6.07, 6.45) is -0.153. The molecule has 1 aromatic rings. The van der Waals surface area contributed by atoms with Gasteiger partial charge in [0.25, 0.3) is 5.91 Å². The Kier molecular flexibility index (Phi) is 3.59. The van der Waals surface area contributed by atoms with E-state index in [4.69, 9.17) is 15.6 Å². The molecule has 0 aliphatic carbocycles. The summed E-state index contributed by atoms with van der Waals surface area (Å²) in [5.74, 6) is -0.457. The van der Waals surface area contributed by atoms with Gasteiger partial charge in [0.05, 0.1) is 5.69 Å². The Morgan fingerprint density at radius 1 is 1.53 bits per heavy atom. The first-order valence-corrected chi connectivity index (χ1v) is 6.08. The first-order valence-electron chi connectivity index (χ1n) is 6.08. The normalized spacial score (nSPS) is 17.8. The summed E-state index contributed by atoms with van der Waals surface area (Å²) in [5.41, 5.74) is 6.85. The summed E-state index contributed by atoms with van der Waals surface area (Å²) in [6, 6.07) is 5.09.